The van der Waals surface area contributed by atoms with E-state index in [0.717, 1.165) is 32.4 Å². The normalized spacial score (nSPS) is 15.4. The maximum atomic E-state index is 11.2. The molecule has 2 heterocycles. The van der Waals surface area contributed by atoms with E-state index in [2.05, 4.69) is 32.5 Å². The molecule has 2 aromatic rings. The first-order valence-electron chi connectivity index (χ1n) is 10.6. The summed E-state index contributed by atoms with van der Waals surface area (Å²) >= 11 is 0. The molecule has 0 radical (unpaired) electrons. The standard InChI is InChI=1S/C19H28N6O6S2/c1-2-3-14-8-11-25(12-9-14)19-23-17(20-10-13-32(26,27)28)22-18(24-19)21-15-4-6-16(7-5-15)33(29,30)31/h4-7,14H,2-3,8-13H2,1H3,(H,26,27,28)(H,29,30,31)(H2,20,21,22,23,24). The number of nitrogens with one attached hydrogen (secondary N) is 2. The number of benzene rings is 1. The van der Waals surface area contributed by atoms with E-state index in [9.17, 15) is 16.8 Å². The summed E-state index contributed by atoms with van der Waals surface area (Å²) in [7, 11) is -8.45. The number of piperidine rings is 1. The molecule has 14 heteroatoms. The molecular weight excluding hydrogens is 472 g/mol. The van der Waals surface area contributed by atoms with Crippen LogP contribution < -0.4 is 15.5 Å². The molecule has 12 nitrogen and oxygen atoms in total. The Labute approximate surface area is 193 Å². The molecule has 0 spiro atoms. The Kier molecular flexibility index (Phi) is 8.05. The largest absolute Gasteiger partial charge is 0.353 e. The third-order valence-electron chi connectivity index (χ3n) is 5.27. The second-order valence-corrected chi connectivity index (χ2v) is 10.8. The molecule has 182 valence electrons. The van der Waals surface area contributed by atoms with Crippen LogP contribution in [-0.2, 0) is 20.2 Å². The van der Waals surface area contributed by atoms with E-state index in [-0.39, 0.29) is 23.3 Å². The van der Waals surface area contributed by atoms with Gasteiger partial charge in [0.05, 0.1) is 10.6 Å². The lowest BCUT2D eigenvalue weighted by molar-refractivity contribution is 0.376. The number of hydrogen-bond acceptors (Lipinski definition) is 10. The van der Waals surface area contributed by atoms with Crippen LogP contribution in [0, 0.1) is 5.92 Å². The molecule has 3 rings (SSSR count). The van der Waals surface area contributed by atoms with Gasteiger partial charge >= 0.3 is 0 Å². The Balaban J connectivity index is 1.80. The van der Waals surface area contributed by atoms with E-state index in [1.54, 1.807) is 0 Å². The van der Waals surface area contributed by atoms with Gasteiger partial charge in [-0.1, -0.05) is 19.8 Å². The van der Waals surface area contributed by atoms with Gasteiger partial charge in [-0.15, -0.1) is 0 Å². The number of aromatic nitrogens is 3. The van der Waals surface area contributed by atoms with Crippen LogP contribution in [0.1, 0.15) is 32.6 Å². The summed E-state index contributed by atoms with van der Waals surface area (Å²) in [6.45, 7) is 3.63. The number of rotatable bonds is 10. The number of hydrogen-bond donors (Lipinski definition) is 4. The van der Waals surface area contributed by atoms with E-state index in [1.807, 2.05) is 4.90 Å². The highest BCUT2D eigenvalue weighted by molar-refractivity contribution is 7.86. The molecule has 1 aliphatic heterocycles. The fourth-order valence-corrected chi connectivity index (χ4v) is 4.44. The average molecular weight is 501 g/mol. The van der Waals surface area contributed by atoms with Gasteiger partial charge in [-0.25, -0.2) is 0 Å². The molecule has 1 fully saturated rings. The van der Waals surface area contributed by atoms with Gasteiger partial charge in [0.2, 0.25) is 17.8 Å². The molecule has 0 saturated carbocycles. The Bertz CT molecular complexity index is 1150. The SMILES string of the molecule is CCCC1CCN(c2nc(NCCS(=O)(=O)O)nc(Nc3ccc(S(=O)(=O)O)cc3)n2)CC1. The number of nitrogens with zero attached hydrogens (tertiary/aromatic N) is 4. The highest BCUT2D eigenvalue weighted by Gasteiger charge is 2.22. The van der Waals surface area contributed by atoms with Gasteiger partial charge in [0.15, 0.2) is 0 Å². The van der Waals surface area contributed by atoms with Gasteiger partial charge in [0.1, 0.15) is 0 Å². The topological polar surface area (TPSA) is 175 Å². The van der Waals surface area contributed by atoms with Crippen molar-refractivity contribution >= 4 is 43.8 Å². The summed E-state index contributed by atoms with van der Waals surface area (Å²) < 4.78 is 62.5. The molecule has 0 bridgehead atoms. The van der Waals surface area contributed by atoms with Crippen LogP contribution in [0.3, 0.4) is 0 Å². The van der Waals surface area contributed by atoms with Crippen molar-refractivity contribution in [2.75, 3.05) is 40.9 Å². The molecular formula is C19H28N6O6S2. The van der Waals surface area contributed by atoms with Crippen LogP contribution in [0.5, 0.6) is 0 Å². The van der Waals surface area contributed by atoms with Crippen molar-refractivity contribution < 1.29 is 25.9 Å². The summed E-state index contributed by atoms with van der Waals surface area (Å²) in [4.78, 5) is 14.9. The van der Waals surface area contributed by atoms with E-state index < -0.39 is 26.0 Å². The van der Waals surface area contributed by atoms with Crippen molar-refractivity contribution in [3.63, 3.8) is 0 Å². The highest BCUT2D eigenvalue weighted by atomic mass is 32.2. The van der Waals surface area contributed by atoms with E-state index in [0.29, 0.717) is 17.6 Å². The minimum absolute atomic E-state index is 0.0939. The molecule has 1 aromatic heterocycles. The van der Waals surface area contributed by atoms with Gasteiger partial charge < -0.3 is 15.5 Å². The summed E-state index contributed by atoms with van der Waals surface area (Å²) in [6, 6.07) is 5.38. The third kappa shape index (κ3) is 7.77. The van der Waals surface area contributed by atoms with Crippen LogP contribution >= 0.6 is 0 Å². The van der Waals surface area contributed by atoms with Crippen molar-refractivity contribution in [1.82, 2.24) is 15.0 Å². The zero-order valence-corrected chi connectivity index (χ0v) is 19.8. The Morgan fingerprint density at radius 2 is 1.64 bits per heavy atom. The van der Waals surface area contributed by atoms with Gasteiger partial charge in [-0.2, -0.15) is 31.8 Å². The lowest BCUT2D eigenvalue weighted by atomic mass is 9.93. The summed E-state index contributed by atoms with van der Waals surface area (Å²) in [5.41, 5.74) is 0.477. The van der Waals surface area contributed by atoms with Crippen LogP contribution in [0.25, 0.3) is 0 Å². The molecule has 4 N–H and O–H groups in total. The Morgan fingerprint density at radius 1 is 1.00 bits per heavy atom. The second-order valence-electron chi connectivity index (χ2n) is 7.84. The molecule has 0 unspecified atom stereocenters. The monoisotopic (exact) mass is 500 g/mol. The van der Waals surface area contributed by atoms with Crippen molar-refractivity contribution in [3.8, 4) is 0 Å². The maximum absolute atomic E-state index is 11.2. The first-order valence-corrected chi connectivity index (χ1v) is 13.6. The molecule has 0 atom stereocenters. The average Bonchev–Trinajstić information content (AvgIpc) is 2.73. The van der Waals surface area contributed by atoms with Gasteiger partial charge in [-0.05, 0) is 43.0 Å². The van der Waals surface area contributed by atoms with Crippen LogP contribution in [0.2, 0.25) is 0 Å². The van der Waals surface area contributed by atoms with Crippen molar-refractivity contribution in [3.05, 3.63) is 24.3 Å². The third-order valence-corrected chi connectivity index (χ3v) is 6.86. The van der Waals surface area contributed by atoms with E-state index >= 15 is 0 Å². The summed E-state index contributed by atoms with van der Waals surface area (Å²) in [5.74, 6) is 0.891. The fourth-order valence-electron chi connectivity index (χ4n) is 3.60. The minimum Gasteiger partial charge on any atom is -0.353 e. The number of anilines is 4. The highest BCUT2D eigenvalue weighted by Crippen LogP contribution is 2.26. The fraction of sp³-hybridized carbons (Fsp3) is 0.526. The quantitative estimate of drug-likeness (QED) is 0.350. The van der Waals surface area contributed by atoms with Gasteiger partial charge in [0.25, 0.3) is 20.2 Å². The summed E-state index contributed by atoms with van der Waals surface area (Å²) in [5, 5.41) is 5.75. The molecule has 33 heavy (non-hydrogen) atoms. The molecule has 1 aromatic carbocycles. The lowest BCUT2D eigenvalue weighted by Gasteiger charge is -2.32. The van der Waals surface area contributed by atoms with Crippen molar-refractivity contribution in [2.45, 2.75) is 37.5 Å². The maximum Gasteiger partial charge on any atom is 0.294 e. The van der Waals surface area contributed by atoms with E-state index in [4.69, 9.17) is 9.11 Å². The van der Waals surface area contributed by atoms with Crippen LogP contribution in [0.15, 0.2) is 29.2 Å². The second kappa shape index (κ2) is 10.6. The van der Waals surface area contributed by atoms with Crippen LogP contribution in [-0.4, -0.2) is 66.3 Å². The first kappa shape index (κ1) is 25.1. The molecule has 1 saturated heterocycles. The molecule has 0 aliphatic carbocycles. The zero-order valence-electron chi connectivity index (χ0n) is 18.2. The minimum atomic E-state index is -4.31. The van der Waals surface area contributed by atoms with Gasteiger partial charge in [0, 0.05) is 25.3 Å². The predicted octanol–water partition coefficient (Wildman–Crippen LogP) is 2.18. The summed E-state index contributed by atoms with van der Waals surface area (Å²) in [6.07, 6.45) is 4.36. The Morgan fingerprint density at radius 3 is 2.21 bits per heavy atom. The smallest absolute Gasteiger partial charge is 0.294 e. The lowest BCUT2D eigenvalue weighted by Crippen LogP contribution is -2.35. The molecule has 1 aliphatic rings. The zero-order chi connectivity index (χ0) is 24.1. The first-order chi connectivity index (χ1) is 15.5. The van der Waals surface area contributed by atoms with Crippen LogP contribution in [0.4, 0.5) is 23.5 Å². The van der Waals surface area contributed by atoms with E-state index in [1.165, 1.54) is 30.7 Å². The van der Waals surface area contributed by atoms with Crippen molar-refractivity contribution in [2.24, 2.45) is 5.92 Å². The molecule has 0 amide bonds. The van der Waals surface area contributed by atoms with Crippen molar-refractivity contribution in [1.29, 1.82) is 0 Å². The Hall–Kier alpha value is -2.55. The van der Waals surface area contributed by atoms with Gasteiger partial charge in [-0.3, -0.25) is 9.11 Å². The predicted molar refractivity (Wildman–Crippen MR) is 124 cm³/mol.